The SMILES string of the molecule is Cc1cccc(C)c1O.Cc1cccc(C)c1O.[Zr+2].c1cc[cH-]c1.c1cc[cH-]c1. The Morgan fingerprint density at radius 2 is 0.724 bits per heavy atom. The van der Waals surface area contributed by atoms with E-state index in [1.807, 2.05) is 125 Å². The number of aryl methyl sites for hydroxylation is 4. The van der Waals surface area contributed by atoms with Crippen LogP contribution in [-0.4, -0.2) is 10.2 Å². The second-order valence-electron chi connectivity index (χ2n) is 6.41. The van der Waals surface area contributed by atoms with Crippen LogP contribution in [0.5, 0.6) is 11.5 Å². The maximum Gasteiger partial charge on any atom is 2.00 e. The molecule has 2 nitrogen and oxygen atoms in total. The van der Waals surface area contributed by atoms with Crippen molar-refractivity contribution in [3.8, 4) is 11.5 Å². The first-order valence-corrected chi connectivity index (χ1v) is 9.27. The van der Waals surface area contributed by atoms with Gasteiger partial charge in [0.15, 0.2) is 0 Å². The fraction of sp³-hybridized carbons (Fsp3) is 0.154. The summed E-state index contributed by atoms with van der Waals surface area (Å²) >= 11 is 0. The van der Waals surface area contributed by atoms with Crippen LogP contribution in [0.3, 0.4) is 0 Å². The number of aromatic hydroxyl groups is 2. The molecular formula is C26H30O2Zr. The average Bonchev–Trinajstić information content (AvgIpc) is 3.43. The predicted octanol–water partition coefficient (Wildman–Crippen LogP) is 6.83. The van der Waals surface area contributed by atoms with Crippen LogP contribution in [0.1, 0.15) is 22.3 Å². The van der Waals surface area contributed by atoms with Crippen LogP contribution in [0.4, 0.5) is 0 Å². The Hall–Kier alpha value is -2.38. The van der Waals surface area contributed by atoms with E-state index in [0.717, 1.165) is 22.3 Å². The van der Waals surface area contributed by atoms with E-state index >= 15 is 0 Å². The molecule has 0 saturated heterocycles. The van der Waals surface area contributed by atoms with Crippen LogP contribution in [0, 0.1) is 27.7 Å². The molecule has 29 heavy (non-hydrogen) atoms. The first kappa shape index (κ1) is 26.6. The number of hydrogen-bond donors (Lipinski definition) is 2. The molecule has 0 amide bonds. The molecule has 0 radical (unpaired) electrons. The average molecular weight is 466 g/mol. The molecule has 4 aromatic carbocycles. The predicted molar refractivity (Wildman–Crippen MR) is 119 cm³/mol. The van der Waals surface area contributed by atoms with Crippen LogP contribution >= 0.6 is 0 Å². The molecule has 0 aliphatic carbocycles. The second-order valence-corrected chi connectivity index (χ2v) is 6.41. The van der Waals surface area contributed by atoms with Gasteiger partial charge in [-0.3, -0.25) is 0 Å². The van der Waals surface area contributed by atoms with Crippen LogP contribution in [0.2, 0.25) is 0 Å². The Morgan fingerprint density at radius 3 is 0.862 bits per heavy atom. The maximum atomic E-state index is 9.21. The minimum absolute atomic E-state index is 0. The van der Waals surface area contributed by atoms with Gasteiger partial charge < -0.3 is 10.2 Å². The number of phenols is 2. The Bertz CT molecular complexity index is 729. The van der Waals surface area contributed by atoms with Crippen LogP contribution in [0.15, 0.2) is 97.1 Å². The fourth-order valence-corrected chi connectivity index (χ4v) is 2.25. The van der Waals surface area contributed by atoms with Crippen molar-refractivity contribution in [2.24, 2.45) is 0 Å². The van der Waals surface area contributed by atoms with Crippen molar-refractivity contribution in [1.82, 2.24) is 0 Å². The zero-order valence-electron chi connectivity index (χ0n) is 17.6. The van der Waals surface area contributed by atoms with Crippen molar-refractivity contribution in [2.75, 3.05) is 0 Å². The van der Waals surface area contributed by atoms with Gasteiger partial charge in [0.05, 0.1) is 0 Å². The summed E-state index contributed by atoms with van der Waals surface area (Å²) in [5, 5.41) is 18.4. The Labute approximate surface area is 194 Å². The largest absolute Gasteiger partial charge is 2.00 e. The second kappa shape index (κ2) is 15.5. The number of rotatable bonds is 0. The summed E-state index contributed by atoms with van der Waals surface area (Å²) in [6.07, 6.45) is 0. The third-order valence-electron chi connectivity index (χ3n) is 3.99. The normalized spacial score (nSPS) is 8.69. The van der Waals surface area contributed by atoms with E-state index in [0.29, 0.717) is 11.5 Å². The summed E-state index contributed by atoms with van der Waals surface area (Å²) in [5.41, 5.74) is 3.76. The van der Waals surface area contributed by atoms with E-state index in [1.165, 1.54) is 0 Å². The molecule has 0 heterocycles. The van der Waals surface area contributed by atoms with Crippen molar-refractivity contribution in [1.29, 1.82) is 0 Å². The van der Waals surface area contributed by atoms with Gasteiger partial charge in [-0.15, -0.1) is 0 Å². The zero-order valence-corrected chi connectivity index (χ0v) is 20.1. The van der Waals surface area contributed by atoms with Crippen molar-refractivity contribution in [3.05, 3.63) is 119 Å². The van der Waals surface area contributed by atoms with E-state index in [1.54, 1.807) is 0 Å². The molecule has 150 valence electrons. The maximum absolute atomic E-state index is 9.21. The van der Waals surface area contributed by atoms with E-state index in [-0.39, 0.29) is 26.2 Å². The number of para-hydroxylation sites is 2. The molecule has 2 N–H and O–H groups in total. The van der Waals surface area contributed by atoms with Crippen molar-refractivity contribution < 1.29 is 36.4 Å². The first-order chi connectivity index (χ1) is 13.4. The molecule has 0 aliphatic rings. The summed E-state index contributed by atoms with van der Waals surface area (Å²) in [5.74, 6) is 0.829. The Kier molecular flexibility index (Phi) is 14.3. The molecule has 0 saturated carbocycles. The fourth-order valence-electron chi connectivity index (χ4n) is 2.25. The van der Waals surface area contributed by atoms with Gasteiger partial charge in [-0.2, -0.15) is 36.4 Å². The van der Waals surface area contributed by atoms with E-state index in [2.05, 4.69) is 0 Å². The molecular weight excluding hydrogens is 436 g/mol. The molecule has 0 unspecified atom stereocenters. The molecule has 0 fully saturated rings. The van der Waals surface area contributed by atoms with Crippen LogP contribution in [-0.2, 0) is 26.2 Å². The third-order valence-corrected chi connectivity index (χ3v) is 3.99. The quantitative estimate of drug-likeness (QED) is 0.280. The minimum Gasteiger partial charge on any atom is -0.507 e. The summed E-state index contributed by atoms with van der Waals surface area (Å²) in [7, 11) is 0. The van der Waals surface area contributed by atoms with E-state index in [4.69, 9.17) is 0 Å². The van der Waals surface area contributed by atoms with Gasteiger partial charge in [0.1, 0.15) is 11.5 Å². The van der Waals surface area contributed by atoms with Gasteiger partial charge in [-0.25, -0.2) is 24.3 Å². The standard InChI is InChI=1S/2C8H10O.2C5H5.Zr/c2*1-6-4-3-5-7(2)8(6)9;2*1-2-4-5-3-1;/h2*3-5,9H,1-2H3;2*1-5H;/q;;2*-1;+2. The van der Waals surface area contributed by atoms with Crippen molar-refractivity contribution >= 4 is 0 Å². The number of hydrogen-bond acceptors (Lipinski definition) is 2. The van der Waals surface area contributed by atoms with Crippen LogP contribution < -0.4 is 0 Å². The van der Waals surface area contributed by atoms with Gasteiger partial charge in [0.25, 0.3) is 0 Å². The van der Waals surface area contributed by atoms with Gasteiger partial charge in [0, 0.05) is 0 Å². The van der Waals surface area contributed by atoms with E-state index < -0.39 is 0 Å². The van der Waals surface area contributed by atoms with Gasteiger partial charge in [-0.05, 0) is 49.9 Å². The smallest absolute Gasteiger partial charge is 0.507 e. The summed E-state index contributed by atoms with van der Waals surface area (Å²) in [6.45, 7) is 7.56. The third kappa shape index (κ3) is 11.3. The monoisotopic (exact) mass is 464 g/mol. The Morgan fingerprint density at radius 1 is 0.483 bits per heavy atom. The van der Waals surface area contributed by atoms with Gasteiger partial charge in [0.2, 0.25) is 0 Å². The van der Waals surface area contributed by atoms with Gasteiger partial charge in [-0.1, -0.05) is 36.4 Å². The molecule has 0 atom stereocenters. The summed E-state index contributed by atoms with van der Waals surface area (Å²) in [6, 6.07) is 31.4. The topological polar surface area (TPSA) is 40.5 Å². The van der Waals surface area contributed by atoms with Crippen molar-refractivity contribution in [2.45, 2.75) is 27.7 Å². The Balaban J connectivity index is 0.000000369. The molecule has 0 spiro atoms. The molecule has 3 heteroatoms. The molecule has 4 aromatic rings. The number of phenolic OH excluding ortho intramolecular Hbond substituents is 2. The van der Waals surface area contributed by atoms with Crippen molar-refractivity contribution in [3.63, 3.8) is 0 Å². The first-order valence-electron chi connectivity index (χ1n) is 9.27. The van der Waals surface area contributed by atoms with Crippen LogP contribution in [0.25, 0.3) is 0 Å². The zero-order chi connectivity index (χ0) is 20.8. The summed E-state index contributed by atoms with van der Waals surface area (Å²) < 4.78 is 0. The molecule has 0 aliphatic heterocycles. The van der Waals surface area contributed by atoms with Gasteiger partial charge >= 0.3 is 26.2 Å². The molecule has 4 rings (SSSR count). The summed E-state index contributed by atoms with van der Waals surface area (Å²) in [4.78, 5) is 0. The molecule has 0 aromatic heterocycles. The molecule has 0 bridgehead atoms. The van der Waals surface area contributed by atoms with E-state index in [9.17, 15) is 10.2 Å². The minimum atomic E-state index is 0. The number of benzene rings is 2.